The Balaban J connectivity index is 0.000000892. The Bertz CT molecular complexity index is 1580. The zero-order chi connectivity index (χ0) is 31.0. The van der Waals surface area contributed by atoms with Gasteiger partial charge in [0.1, 0.15) is 41.4 Å². The topological polar surface area (TPSA) is 160 Å². The number of halogens is 3. The lowest BCUT2D eigenvalue weighted by Crippen LogP contribution is -2.42. The molecule has 1 saturated heterocycles. The third-order valence-corrected chi connectivity index (χ3v) is 6.19. The molecule has 1 aromatic heterocycles. The van der Waals surface area contributed by atoms with E-state index in [1.807, 2.05) is 0 Å². The minimum Gasteiger partial charge on any atom is -0.489 e. The molecule has 0 aliphatic carbocycles. The molecule has 1 fully saturated rings. The van der Waals surface area contributed by atoms with Gasteiger partial charge in [-0.15, -0.1) is 0 Å². The van der Waals surface area contributed by atoms with E-state index in [0.29, 0.717) is 54.6 Å². The summed E-state index contributed by atoms with van der Waals surface area (Å²) in [6.45, 7) is 4.45. The van der Waals surface area contributed by atoms with E-state index in [0.717, 1.165) is 6.07 Å². The molecule has 16 heteroatoms. The molecule has 1 aliphatic heterocycles. The van der Waals surface area contributed by atoms with Crippen molar-refractivity contribution in [2.45, 2.75) is 18.9 Å². The number of hydrogen-bond acceptors (Lipinski definition) is 9. The minimum absolute atomic E-state index is 0.0954. The van der Waals surface area contributed by atoms with Gasteiger partial charge in [0.15, 0.2) is 5.82 Å². The van der Waals surface area contributed by atoms with Crippen molar-refractivity contribution in [3.63, 3.8) is 0 Å². The SMILES string of the molecule is C=CC(=O)N1CCC[C@H]1C(=O)Nc1cc2c(Nc3ccc(F)c(Cl)c3F)ncnc2cc1OCCOC.CS(=O)(=O)O. The highest BCUT2D eigenvalue weighted by Crippen LogP contribution is 2.35. The Hall–Kier alpha value is -3.92. The molecule has 0 unspecified atom stereocenters. The van der Waals surface area contributed by atoms with Gasteiger partial charge in [-0.25, -0.2) is 18.7 Å². The molecular formula is C26H28ClF2N5O7S. The molecule has 3 N–H and O–H groups in total. The molecule has 42 heavy (non-hydrogen) atoms. The number of ether oxygens (including phenoxy) is 2. The number of hydrogen-bond donors (Lipinski definition) is 3. The molecule has 2 amide bonds. The Morgan fingerprint density at radius 2 is 1.95 bits per heavy atom. The van der Waals surface area contributed by atoms with Gasteiger partial charge < -0.3 is 25.0 Å². The molecule has 1 atom stereocenters. The first-order chi connectivity index (χ1) is 19.8. The standard InChI is InChI=1S/C25H24ClF2N5O4.CH4O3S/c1-3-21(34)33-8-4-5-19(33)25(35)32-18-11-14-17(12-20(18)37-10-9-36-2)29-13-30-24(14)31-16-7-6-15(27)22(26)23(16)28;1-5(2,3)4/h3,6-7,11-13,19H,1,4-5,8-10H2,2H3,(H,32,35)(H,29,30,31);1H3,(H,2,3,4)/t19-;/m0./s1. The number of rotatable bonds is 9. The van der Waals surface area contributed by atoms with Crippen molar-refractivity contribution in [2.24, 2.45) is 0 Å². The number of fused-ring (bicyclic) bond motifs is 1. The predicted octanol–water partition coefficient (Wildman–Crippen LogP) is 3.95. The maximum Gasteiger partial charge on any atom is 0.261 e. The van der Waals surface area contributed by atoms with Crippen molar-refractivity contribution in [1.29, 1.82) is 0 Å². The van der Waals surface area contributed by atoms with Crippen LogP contribution in [0.3, 0.4) is 0 Å². The van der Waals surface area contributed by atoms with E-state index < -0.39 is 38.7 Å². The third-order valence-electron chi connectivity index (χ3n) is 5.84. The van der Waals surface area contributed by atoms with E-state index in [4.69, 9.17) is 25.6 Å². The molecule has 2 heterocycles. The number of carbonyl (C=O) groups excluding carboxylic acids is 2. The van der Waals surface area contributed by atoms with Gasteiger partial charge in [0.2, 0.25) is 11.8 Å². The van der Waals surface area contributed by atoms with Crippen LogP contribution in [0, 0.1) is 11.6 Å². The monoisotopic (exact) mass is 627 g/mol. The number of aromatic nitrogens is 2. The largest absolute Gasteiger partial charge is 0.489 e. The summed E-state index contributed by atoms with van der Waals surface area (Å²) in [5, 5.41) is 5.41. The van der Waals surface area contributed by atoms with Crippen molar-refractivity contribution >= 4 is 61.6 Å². The molecule has 0 radical (unpaired) electrons. The fourth-order valence-electron chi connectivity index (χ4n) is 4.02. The average Bonchev–Trinajstić information content (AvgIpc) is 3.43. The molecule has 0 saturated carbocycles. The lowest BCUT2D eigenvalue weighted by Gasteiger charge is -2.23. The van der Waals surface area contributed by atoms with E-state index in [9.17, 15) is 26.8 Å². The second-order valence-corrected chi connectivity index (χ2v) is 10.7. The van der Waals surface area contributed by atoms with E-state index in [1.54, 1.807) is 12.1 Å². The van der Waals surface area contributed by atoms with Crippen molar-refractivity contribution < 1.29 is 40.8 Å². The first-order valence-electron chi connectivity index (χ1n) is 12.3. The number of methoxy groups -OCH3 is 1. The normalized spacial score (nSPS) is 14.6. The third kappa shape index (κ3) is 8.55. The highest BCUT2D eigenvalue weighted by Gasteiger charge is 2.33. The molecular weight excluding hydrogens is 600 g/mol. The van der Waals surface area contributed by atoms with Gasteiger partial charge in [0.25, 0.3) is 10.1 Å². The van der Waals surface area contributed by atoms with Crippen molar-refractivity contribution in [2.75, 3.05) is 43.8 Å². The van der Waals surface area contributed by atoms with Gasteiger partial charge in [0, 0.05) is 25.1 Å². The number of nitrogens with zero attached hydrogens (tertiary/aromatic N) is 3. The van der Waals surface area contributed by atoms with Gasteiger partial charge in [0.05, 0.1) is 29.8 Å². The number of amides is 2. The summed E-state index contributed by atoms with van der Waals surface area (Å²) >= 11 is 5.71. The summed E-state index contributed by atoms with van der Waals surface area (Å²) in [7, 11) is -2.14. The average molecular weight is 628 g/mol. The highest BCUT2D eigenvalue weighted by molar-refractivity contribution is 7.85. The zero-order valence-electron chi connectivity index (χ0n) is 22.6. The minimum atomic E-state index is -3.67. The van der Waals surface area contributed by atoms with Gasteiger partial charge >= 0.3 is 0 Å². The van der Waals surface area contributed by atoms with Gasteiger partial charge in [-0.2, -0.15) is 8.42 Å². The van der Waals surface area contributed by atoms with Crippen LogP contribution in [0.25, 0.3) is 10.9 Å². The van der Waals surface area contributed by atoms with Crippen LogP contribution in [-0.2, 0) is 24.4 Å². The van der Waals surface area contributed by atoms with E-state index in [2.05, 4.69) is 27.2 Å². The highest BCUT2D eigenvalue weighted by atomic mass is 35.5. The van der Waals surface area contributed by atoms with E-state index in [-0.39, 0.29) is 24.0 Å². The number of nitrogens with one attached hydrogen (secondary N) is 2. The van der Waals surface area contributed by atoms with Gasteiger partial charge in [-0.05, 0) is 37.1 Å². The summed E-state index contributed by atoms with van der Waals surface area (Å²) in [5.41, 5.74) is 0.629. The van der Waals surface area contributed by atoms with E-state index >= 15 is 0 Å². The van der Waals surface area contributed by atoms with Crippen molar-refractivity contribution in [1.82, 2.24) is 14.9 Å². The van der Waals surface area contributed by atoms with Crippen LogP contribution in [0.5, 0.6) is 5.75 Å². The quantitative estimate of drug-likeness (QED) is 0.137. The molecule has 1 aliphatic rings. The van der Waals surface area contributed by atoms with Crippen LogP contribution < -0.4 is 15.4 Å². The lowest BCUT2D eigenvalue weighted by molar-refractivity contribution is -0.132. The number of likely N-dealkylation sites (tertiary alicyclic amines) is 1. The van der Waals surface area contributed by atoms with Crippen LogP contribution >= 0.6 is 11.6 Å². The van der Waals surface area contributed by atoms with Crippen LogP contribution in [-0.4, -0.2) is 78.8 Å². The number of anilines is 3. The smallest absolute Gasteiger partial charge is 0.261 e. The molecule has 4 rings (SSSR count). The Morgan fingerprint density at radius 3 is 2.62 bits per heavy atom. The van der Waals surface area contributed by atoms with Crippen LogP contribution in [0.4, 0.5) is 26.0 Å². The molecule has 0 spiro atoms. The summed E-state index contributed by atoms with van der Waals surface area (Å²) in [4.78, 5) is 35.3. The molecule has 3 aromatic rings. The first-order valence-corrected chi connectivity index (χ1v) is 14.5. The summed E-state index contributed by atoms with van der Waals surface area (Å²) in [6.07, 6.45) is 4.34. The van der Waals surface area contributed by atoms with Crippen LogP contribution in [0.1, 0.15) is 12.8 Å². The van der Waals surface area contributed by atoms with Crippen LogP contribution in [0.2, 0.25) is 5.02 Å². The molecule has 226 valence electrons. The summed E-state index contributed by atoms with van der Waals surface area (Å²) in [5.74, 6) is -2.09. The second kappa shape index (κ2) is 14.3. The number of benzene rings is 2. The van der Waals surface area contributed by atoms with E-state index in [1.165, 1.54) is 30.5 Å². The van der Waals surface area contributed by atoms with Crippen molar-refractivity contribution in [3.8, 4) is 5.75 Å². The first kappa shape index (κ1) is 32.6. The zero-order valence-corrected chi connectivity index (χ0v) is 24.1. The Labute approximate surface area is 245 Å². The maximum absolute atomic E-state index is 14.5. The Morgan fingerprint density at radius 1 is 1.24 bits per heavy atom. The lowest BCUT2D eigenvalue weighted by atomic mass is 10.1. The van der Waals surface area contributed by atoms with Crippen LogP contribution in [0.15, 0.2) is 43.2 Å². The molecule has 2 aromatic carbocycles. The predicted molar refractivity (Wildman–Crippen MR) is 153 cm³/mol. The number of carbonyl (C=O) groups is 2. The molecule has 12 nitrogen and oxygen atoms in total. The second-order valence-electron chi connectivity index (χ2n) is 8.89. The maximum atomic E-state index is 14.5. The van der Waals surface area contributed by atoms with Gasteiger partial charge in [-0.3, -0.25) is 14.1 Å². The van der Waals surface area contributed by atoms with Gasteiger partial charge in [-0.1, -0.05) is 18.2 Å². The van der Waals surface area contributed by atoms with Crippen molar-refractivity contribution in [3.05, 3.63) is 59.9 Å². The fourth-order valence-corrected chi connectivity index (χ4v) is 4.19. The Kier molecular flexibility index (Phi) is 11.1. The summed E-state index contributed by atoms with van der Waals surface area (Å²) < 4.78 is 64.9. The molecule has 0 bridgehead atoms. The summed E-state index contributed by atoms with van der Waals surface area (Å²) in [6, 6.07) is 4.73. The fraction of sp³-hybridized carbons (Fsp3) is 0.308.